The van der Waals surface area contributed by atoms with Gasteiger partial charge in [-0.05, 0) is 44.5 Å². The van der Waals surface area contributed by atoms with Crippen molar-refractivity contribution in [3.05, 3.63) is 83.8 Å². The number of ether oxygens (including phenoxy) is 2. The van der Waals surface area contributed by atoms with Gasteiger partial charge in [0.1, 0.15) is 18.8 Å². The summed E-state index contributed by atoms with van der Waals surface area (Å²) in [4.78, 5) is 55.7. The number of aromatic carboxylic acids is 1. The summed E-state index contributed by atoms with van der Waals surface area (Å²) in [6.07, 6.45) is -9.42. The molecule has 4 aromatic rings. The van der Waals surface area contributed by atoms with E-state index in [1.807, 2.05) is 11.8 Å². The van der Waals surface area contributed by atoms with E-state index in [2.05, 4.69) is 10.2 Å². The number of esters is 1. The zero-order valence-electron chi connectivity index (χ0n) is 37.0. The SMILES string of the molecule is COC(=O)c1cc(Cl)c(C)cc1N1CCN(C(=O)Cn2nc(C(F)(F)F)c(Cl)c2C)CC1.COc1cc(N2CCN(C(=O)Cn3nc(C(F)(F)F)c(Cl)c3C)CC2)c(C(=O)[O-])cc1Cl.[Li+].[Li+].[OH-]. The van der Waals surface area contributed by atoms with Crippen LogP contribution in [0.4, 0.5) is 37.7 Å². The topological polar surface area (TPSA) is 188 Å². The first-order valence-corrected chi connectivity index (χ1v) is 20.5. The normalized spacial score (nSPS) is 14.0. The van der Waals surface area contributed by atoms with E-state index in [1.165, 1.54) is 45.1 Å². The minimum atomic E-state index is -4.72. The number of alkyl halides is 6. The smallest absolute Gasteiger partial charge is 0.870 e. The van der Waals surface area contributed by atoms with E-state index in [1.54, 1.807) is 21.9 Å². The molecule has 2 aromatic carbocycles. The number of hydrogen-bond acceptors (Lipinski definition) is 12. The van der Waals surface area contributed by atoms with Crippen molar-refractivity contribution in [2.45, 2.75) is 46.2 Å². The molecule has 2 amide bonds. The van der Waals surface area contributed by atoms with Gasteiger partial charge < -0.3 is 44.5 Å². The van der Waals surface area contributed by atoms with Gasteiger partial charge in [-0.2, -0.15) is 36.5 Å². The summed E-state index contributed by atoms with van der Waals surface area (Å²) in [5.74, 6) is -2.45. The molecule has 2 fully saturated rings. The summed E-state index contributed by atoms with van der Waals surface area (Å²) >= 11 is 23.6. The van der Waals surface area contributed by atoms with Crippen molar-refractivity contribution in [3.8, 4) is 5.75 Å². The van der Waals surface area contributed by atoms with Crippen molar-refractivity contribution in [3.63, 3.8) is 0 Å². The van der Waals surface area contributed by atoms with Gasteiger partial charge in [0, 0.05) is 74.7 Å². The number of carbonyl (C=O) groups excluding carboxylic acids is 4. The van der Waals surface area contributed by atoms with Gasteiger partial charge in [0.2, 0.25) is 11.8 Å². The quantitative estimate of drug-likeness (QED) is 0.125. The van der Waals surface area contributed by atoms with Gasteiger partial charge in [0.05, 0.1) is 57.9 Å². The van der Waals surface area contributed by atoms with E-state index in [9.17, 15) is 50.6 Å². The number of aromatic nitrogens is 4. The number of carbonyl (C=O) groups is 4. The molecule has 0 unspecified atom stereocenters. The number of aryl methyl sites for hydroxylation is 1. The van der Waals surface area contributed by atoms with Gasteiger partial charge in [0.15, 0.2) is 11.4 Å². The van der Waals surface area contributed by atoms with Gasteiger partial charge in [-0.25, -0.2) is 4.79 Å². The molecule has 0 bridgehead atoms. The van der Waals surface area contributed by atoms with Crippen molar-refractivity contribution >= 4 is 81.5 Å². The Morgan fingerprint density at radius 2 is 1.03 bits per heavy atom. The number of hydrogen-bond donors (Lipinski definition) is 0. The van der Waals surface area contributed by atoms with Gasteiger partial charge in [-0.15, -0.1) is 0 Å². The summed E-state index contributed by atoms with van der Waals surface area (Å²) in [6.45, 7) is 6.28. The Morgan fingerprint density at radius 1 is 0.642 bits per heavy atom. The Balaban J connectivity index is 0.000000440. The van der Waals surface area contributed by atoms with Crippen LogP contribution in [-0.2, 0) is 39.8 Å². The number of nitrogens with zero attached hydrogens (tertiary/aromatic N) is 8. The van der Waals surface area contributed by atoms with Gasteiger partial charge in [0.25, 0.3) is 0 Å². The number of carboxylic acid groups (broad SMARTS) is 1. The Kier molecular flexibility index (Phi) is 21.2. The molecule has 28 heteroatoms. The third-order valence-corrected chi connectivity index (χ3v) is 12.1. The second-order valence-corrected chi connectivity index (χ2v) is 16.0. The average Bonchev–Trinajstić information content (AvgIpc) is 3.70. The minimum absolute atomic E-state index is 0. The Labute approximate surface area is 423 Å². The predicted molar refractivity (Wildman–Crippen MR) is 223 cm³/mol. The van der Waals surface area contributed by atoms with Crippen LogP contribution in [0.15, 0.2) is 24.3 Å². The molecule has 2 saturated heterocycles. The molecular formula is C39H40Cl4F6Li2N8O8. The predicted octanol–water partition coefficient (Wildman–Crippen LogP) is 0.0302. The summed E-state index contributed by atoms with van der Waals surface area (Å²) in [6, 6.07) is 6.07. The van der Waals surface area contributed by atoms with E-state index in [4.69, 9.17) is 55.9 Å². The second kappa shape index (κ2) is 24.0. The molecule has 0 radical (unpaired) electrons. The van der Waals surface area contributed by atoms with E-state index < -0.39 is 58.2 Å². The molecule has 6 rings (SSSR count). The molecule has 0 saturated carbocycles. The van der Waals surface area contributed by atoms with E-state index in [-0.39, 0.29) is 110 Å². The summed E-state index contributed by atoms with van der Waals surface area (Å²) < 4.78 is 89.9. The number of halogens is 10. The van der Waals surface area contributed by atoms with Crippen molar-refractivity contribution in [2.75, 3.05) is 76.4 Å². The van der Waals surface area contributed by atoms with Crippen LogP contribution in [-0.4, -0.2) is 125 Å². The Bertz CT molecular complexity index is 2450. The maximum atomic E-state index is 13.0. The molecular weight excluding hydrogens is 978 g/mol. The number of amides is 2. The molecule has 2 aromatic heterocycles. The molecule has 2 aliphatic heterocycles. The molecule has 16 nitrogen and oxygen atoms in total. The summed E-state index contributed by atoms with van der Waals surface area (Å²) in [5.41, 5.74) is -0.342. The van der Waals surface area contributed by atoms with Crippen LogP contribution in [0.1, 0.15) is 49.1 Å². The average molecular weight is 1020 g/mol. The number of benzene rings is 2. The van der Waals surface area contributed by atoms with Crippen molar-refractivity contribution in [1.82, 2.24) is 29.4 Å². The Hall–Kier alpha value is -3.97. The van der Waals surface area contributed by atoms with E-state index in [0.717, 1.165) is 14.9 Å². The molecule has 0 atom stereocenters. The standard InChI is InChI=1S/C20H21Cl2F3N4O3.C19H19Cl2F3N4O4.2Li.H2O/c1-11-8-15(13(9-14(11)21)19(31)32-3)27-4-6-28(7-5-27)16(30)10-29-12(2)17(22)18(26-29)20(23,24)25;1-10-16(21)17(19(22,23)24)25-28(10)9-15(29)27-5-3-26(4-6-27)13-8-14(32-2)12(20)7-11(13)18(30)31;;;/h8-9H,4-7,10H2,1-3H3;7-8H,3-6,9H2,1-2H3,(H,30,31);;;1H2/q;;2*+1;/p-2. The molecule has 1 N–H and O–H groups in total. The first kappa shape index (κ1) is 59.2. The van der Waals surface area contributed by atoms with Crippen molar-refractivity contribution in [1.29, 1.82) is 0 Å². The summed E-state index contributed by atoms with van der Waals surface area (Å²) in [7, 11) is 2.68. The van der Waals surface area contributed by atoms with Crippen LogP contribution in [0, 0.1) is 20.8 Å². The van der Waals surface area contributed by atoms with Crippen LogP contribution >= 0.6 is 46.4 Å². The van der Waals surface area contributed by atoms with Gasteiger partial charge in [-0.1, -0.05) is 46.4 Å². The Morgan fingerprint density at radius 3 is 1.37 bits per heavy atom. The van der Waals surface area contributed by atoms with Crippen LogP contribution in [0.3, 0.4) is 0 Å². The van der Waals surface area contributed by atoms with Crippen LogP contribution in [0.5, 0.6) is 5.75 Å². The fraction of sp³-hybridized carbons (Fsp3) is 0.436. The van der Waals surface area contributed by atoms with E-state index in [0.29, 0.717) is 48.1 Å². The molecule has 0 spiro atoms. The molecule has 2 aliphatic rings. The fourth-order valence-electron chi connectivity index (χ4n) is 6.89. The van der Waals surface area contributed by atoms with Crippen LogP contribution in [0.25, 0.3) is 0 Å². The molecule has 0 aliphatic carbocycles. The molecule has 4 heterocycles. The maximum absolute atomic E-state index is 13.0. The zero-order valence-corrected chi connectivity index (χ0v) is 40.1. The first-order valence-electron chi connectivity index (χ1n) is 19.0. The first-order chi connectivity index (χ1) is 29.9. The second-order valence-electron chi connectivity index (χ2n) is 14.4. The molecule has 356 valence electrons. The third-order valence-electron chi connectivity index (χ3n) is 10.5. The van der Waals surface area contributed by atoms with E-state index >= 15 is 0 Å². The van der Waals surface area contributed by atoms with Crippen molar-refractivity contribution < 1.29 is 103 Å². The van der Waals surface area contributed by atoms with Gasteiger partial charge in [-0.3, -0.25) is 19.0 Å². The number of methoxy groups -OCH3 is 2. The largest absolute Gasteiger partial charge is 1.00 e. The number of rotatable bonds is 9. The number of piperazine rings is 2. The summed E-state index contributed by atoms with van der Waals surface area (Å²) in [5, 5.41) is 17.9. The van der Waals surface area contributed by atoms with Gasteiger partial charge >= 0.3 is 56.0 Å². The zero-order chi connectivity index (χ0) is 47.6. The minimum Gasteiger partial charge on any atom is -0.870 e. The maximum Gasteiger partial charge on any atom is 1.00 e. The third kappa shape index (κ3) is 13.6. The molecule has 67 heavy (non-hydrogen) atoms. The van der Waals surface area contributed by atoms with Crippen LogP contribution < -0.4 is 57.4 Å². The van der Waals surface area contributed by atoms with Crippen LogP contribution in [0.2, 0.25) is 20.1 Å². The number of anilines is 2. The monoisotopic (exact) mass is 1020 g/mol. The fourth-order valence-corrected chi connectivity index (χ4v) is 7.78. The van der Waals surface area contributed by atoms with Crippen molar-refractivity contribution in [2.24, 2.45) is 0 Å². The number of carboxylic acids is 1.